The molecule has 0 radical (unpaired) electrons. The van der Waals surface area contributed by atoms with Crippen LogP contribution in [0.4, 0.5) is 16.6 Å². The van der Waals surface area contributed by atoms with Crippen molar-refractivity contribution in [3.05, 3.63) is 72.1 Å². The normalized spacial score (nSPS) is 10.6. The predicted octanol–water partition coefficient (Wildman–Crippen LogP) is 4.72. The topological polar surface area (TPSA) is 123 Å². The zero-order chi connectivity index (χ0) is 21.1. The first-order chi connectivity index (χ1) is 14.5. The fourth-order valence-corrected chi connectivity index (χ4v) is 3.47. The number of benzene rings is 1. The number of ether oxygens (including phenoxy) is 1. The van der Waals surface area contributed by atoms with E-state index in [9.17, 15) is 4.79 Å². The molecule has 4 N–H and O–H groups in total. The van der Waals surface area contributed by atoms with Crippen LogP contribution in [0.15, 0.2) is 60.8 Å². The van der Waals surface area contributed by atoms with E-state index < -0.39 is 5.97 Å². The maximum atomic E-state index is 11.2. The van der Waals surface area contributed by atoms with Crippen molar-refractivity contribution >= 4 is 33.9 Å². The Hall–Kier alpha value is -3.98. The van der Waals surface area contributed by atoms with Crippen molar-refractivity contribution in [2.45, 2.75) is 6.92 Å². The van der Waals surface area contributed by atoms with Gasteiger partial charge in [-0.05, 0) is 43.3 Å². The van der Waals surface area contributed by atoms with Crippen molar-refractivity contribution in [2.24, 2.45) is 0 Å². The van der Waals surface area contributed by atoms with E-state index in [4.69, 9.17) is 15.6 Å². The second kappa shape index (κ2) is 8.18. The molecule has 3 aromatic heterocycles. The van der Waals surface area contributed by atoms with E-state index in [1.165, 1.54) is 23.5 Å². The molecule has 0 aliphatic carbocycles. The monoisotopic (exact) mass is 419 g/mol. The zero-order valence-corrected chi connectivity index (χ0v) is 16.7. The predicted molar refractivity (Wildman–Crippen MR) is 115 cm³/mol. The Kier molecular flexibility index (Phi) is 5.27. The minimum absolute atomic E-state index is 0.183. The van der Waals surface area contributed by atoms with E-state index in [0.29, 0.717) is 38.8 Å². The van der Waals surface area contributed by atoms with Crippen LogP contribution in [0.3, 0.4) is 0 Å². The Morgan fingerprint density at radius 3 is 2.77 bits per heavy atom. The van der Waals surface area contributed by atoms with E-state index in [0.717, 1.165) is 5.69 Å². The van der Waals surface area contributed by atoms with Crippen LogP contribution in [0.5, 0.6) is 10.8 Å². The van der Waals surface area contributed by atoms with Crippen molar-refractivity contribution in [3.63, 3.8) is 0 Å². The first-order valence-electron chi connectivity index (χ1n) is 8.92. The standard InChI is InChI=1S/C21H17N5O3S/c1-12-4-2-7-16(24-12)18-20(30-21(22)26-18)29-15-8-9-23-17(11-15)25-14-6-3-5-13(10-14)19(27)28/h2-11H,1H3,(H2,22,26)(H,23,25)(H,27,28). The van der Waals surface area contributed by atoms with Gasteiger partial charge in [-0.25, -0.2) is 14.8 Å². The average Bonchev–Trinajstić information content (AvgIpc) is 3.08. The average molecular weight is 419 g/mol. The van der Waals surface area contributed by atoms with Gasteiger partial charge in [0.1, 0.15) is 17.3 Å². The van der Waals surface area contributed by atoms with Gasteiger partial charge in [-0.3, -0.25) is 4.98 Å². The fourth-order valence-electron chi connectivity index (χ4n) is 2.76. The number of nitrogens with two attached hydrogens (primary N) is 1. The summed E-state index contributed by atoms with van der Waals surface area (Å²) in [7, 11) is 0. The van der Waals surface area contributed by atoms with Crippen LogP contribution in [0.1, 0.15) is 16.1 Å². The summed E-state index contributed by atoms with van der Waals surface area (Å²) < 4.78 is 6.03. The van der Waals surface area contributed by atoms with Crippen molar-refractivity contribution in [3.8, 4) is 22.2 Å². The van der Waals surface area contributed by atoms with E-state index in [1.807, 2.05) is 25.1 Å². The Morgan fingerprint density at radius 1 is 1.13 bits per heavy atom. The largest absolute Gasteiger partial charge is 0.478 e. The summed E-state index contributed by atoms with van der Waals surface area (Å²) in [6.07, 6.45) is 1.59. The Balaban J connectivity index is 1.59. The third-order valence-corrected chi connectivity index (χ3v) is 4.83. The van der Waals surface area contributed by atoms with Gasteiger partial charge < -0.3 is 20.9 Å². The van der Waals surface area contributed by atoms with E-state index >= 15 is 0 Å². The lowest BCUT2D eigenvalue weighted by molar-refractivity contribution is 0.0697. The summed E-state index contributed by atoms with van der Waals surface area (Å²) in [4.78, 5) is 24.3. The van der Waals surface area contributed by atoms with Gasteiger partial charge in [-0.2, -0.15) is 0 Å². The number of nitrogens with zero attached hydrogens (tertiary/aromatic N) is 3. The number of pyridine rings is 2. The van der Waals surface area contributed by atoms with E-state index in [-0.39, 0.29) is 5.56 Å². The Bertz CT molecular complexity index is 1220. The summed E-state index contributed by atoms with van der Waals surface area (Å²) in [6.45, 7) is 1.90. The van der Waals surface area contributed by atoms with Crippen LogP contribution >= 0.6 is 11.3 Å². The molecule has 150 valence electrons. The van der Waals surface area contributed by atoms with Crippen LogP contribution in [-0.4, -0.2) is 26.0 Å². The number of carbonyl (C=O) groups is 1. The third kappa shape index (κ3) is 4.36. The third-order valence-electron chi connectivity index (χ3n) is 4.07. The molecular weight excluding hydrogens is 402 g/mol. The van der Waals surface area contributed by atoms with Gasteiger partial charge in [-0.15, -0.1) is 0 Å². The number of anilines is 3. The lowest BCUT2D eigenvalue weighted by Crippen LogP contribution is -1.99. The molecule has 4 rings (SSSR count). The highest BCUT2D eigenvalue weighted by Gasteiger charge is 2.16. The fraction of sp³-hybridized carbons (Fsp3) is 0.0476. The lowest BCUT2D eigenvalue weighted by atomic mass is 10.2. The van der Waals surface area contributed by atoms with Gasteiger partial charge in [-0.1, -0.05) is 23.5 Å². The van der Waals surface area contributed by atoms with Crippen LogP contribution in [0.2, 0.25) is 0 Å². The molecule has 0 spiro atoms. The number of aryl methyl sites for hydroxylation is 1. The lowest BCUT2D eigenvalue weighted by Gasteiger charge is -2.09. The number of nitrogens with one attached hydrogen (secondary N) is 1. The van der Waals surface area contributed by atoms with Crippen LogP contribution in [0.25, 0.3) is 11.4 Å². The van der Waals surface area contributed by atoms with Crippen LogP contribution < -0.4 is 15.8 Å². The molecule has 0 saturated carbocycles. The number of nitrogen functional groups attached to an aromatic ring is 1. The van der Waals surface area contributed by atoms with Gasteiger partial charge in [0.05, 0.1) is 11.3 Å². The van der Waals surface area contributed by atoms with Crippen molar-refractivity contribution in [2.75, 3.05) is 11.1 Å². The van der Waals surface area contributed by atoms with Gasteiger partial charge in [0.25, 0.3) is 0 Å². The Labute approximate surface area is 176 Å². The minimum atomic E-state index is -0.997. The molecule has 0 unspecified atom stereocenters. The molecule has 9 heteroatoms. The molecule has 4 aromatic rings. The highest BCUT2D eigenvalue weighted by molar-refractivity contribution is 7.17. The van der Waals surface area contributed by atoms with Crippen LogP contribution in [0, 0.1) is 6.92 Å². The summed E-state index contributed by atoms with van der Waals surface area (Å²) in [6, 6.07) is 15.5. The molecule has 0 bridgehead atoms. The van der Waals surface area contributed by atoms with Gasteiger partial charge in [0, 0.05) is 23.6 Å². The molecular formula is C21H17N5O3S. The highest BCUT2D eigenvalue weighted by Crippen LogP contribution is 2.39. The smallest absolute Gasteiger partial charge is 0.335 e. The molecule has 0 fully saturated rings. The zero-order valence-electron chi connectivity index (χ0n) is 15.9. The van der Waals surface area contributed by atoms with Gasteiger partial charge >= 0.3 is 5.97 Å². The molecule has 0 atom stereocenters. The second-order valence-corrected chi connectivity index (χ2v) is 7.34. The van der Waals surface area contributed by atoms with Gasteiger partial charge in [0.2, 0.25) is 5.06 Å². The summed E-state index contributed by atoms with van der Waals surface area (Å²) >= 11 is 1.22. The maximum absolute atomic E-state index is 11.2. The summed E-state index contributed by atoms with van der Waals surface area (Å²) in [5, 5.41) is 13.1. The number of aromatic nitrogens is 3. The SMILES string of the molecule is Cc1cccc(-c2nc(N)sc2Oc2ccnc(Nc3cccc(C(=O)O)c3)c2)n1. The Morgan fingerprint density at radius 2 is 1.97 bits per heavy atom. The molecule has 0 aliphatic heterocycles. The van der Waals surface area contributed by atoms with E-state index in [1.54, 1.807) is 30.5 Å². The maximum Gasteiger partial charge on any atom is 0.335 e. The van der Waals surface area contributed by atoms with Gasteiger partial charge in [0.15, 0.2) is 5.13 Å². The first kappa shape index (κ1) is 19.3. The first-order valence-corrected chi connectivity index (χ1v) is 9.74. The molecule has 0 aliphatic rings. The highest BCUT2D eigenvalue weighted by atomic mass is 32.1. The number of hydrogen-bond acceptors (Lipinski definition) is 8. The number of hydrogen-bond donors (Lipinski definition) is 3. The van der Waals surface area contributed by atoms with Crippen molar-refractivity contribution < 1.29 is 14.6 Å². The molecule has 0 amide bonds. The molecule has 0 saturated heterocycles. The number of aromatic carboxylic acids is 1. The molecule has 3 heterocycles. The van der Waals surface area contributed by atoms with E-state index in [2.05, 4.69) is 20.3 Å². The number of carboxylic acids is 1. The summed E-state index contributed by atoms with van der Waals surface area (Å²) in [5.41, 5.74) is 8.80. The number of rotatable bonds is 6. The molecule has 30 heavy (non-hydrogen) atoms. The molecule has 1 aromatic carbocycles. The minimum Gasteiger partial charge on any atom is -0.478 e. The quantitative estimate of drug-likeness (QED) is 0.410. The number of carboxylic acid groups (broad SMARTS) is 1. The number of thiazole rings is 1. The van der Waals surface area contributed by atoms with Crippen LogP contribution in [-0.2, 0) is 0 Å². The summed E-state index contributed by atoms with van der Waals surface area (Å²) in [5.74, 6) is 0.0333. The van der Waals surface area contributed by atoms with Crippen molar-refractivity contribution in [1.82, 2.24) is 15.0 Å². The van der Waals surface area contributed by atoms with Crippen molar-refractivity contribution in [1.29, 1.82) is 0 Å². The second-order valence-electron chi connectivity index (χ2n) is 6.34. The molecule has 8 nitrogen and oxygen atoms in total.